The zero-order chi connectivity index (χ0) is 19.9. The molecular formula is C20H33N3O4. The van der Waals surface area contributed by atoms with Crippen molar-refractivity contribution in [2.45, 2.75) is 90.1 Å². The molecule has 2 rings (SSSR count). The van der Waals surface area contributed by atoms with Crippen LogP contribution in [0.4, 0.5) is 0 Å². The van der Waals surface area contributed by atoms with E-state index in [1.165, 1.54) is 39.2 Å². The van der Waals surface area contributed by atoms with Crippen molar-refractivity contribution in [2.75, 3.05) is 7.05 Å². The Labute approximate surface area is 161 Å². The lowest BCUT2D eigenvalue weighted by atomic mass is 9.84. The van der Waals surface area contributed by atoms with Crippen LogP contribution in [0.25, 0.3) is 0 Å². The van der Waals surface area contributed by atoms with Crippen molar-refractivity contribution < 1.29 is 18.8 Å². The smallest absolute Gasteiger partial charge is 0.307 e. The molecule has 0 saturated heterocycles. The lowest BCUT2D eigenvalue weighted by Gasteiger charge is -2.23. The molecule has 1 unspecified atom stereocenters. The summed E-state index contributed by atoms with van der Waals surface area (Å²) in [5.41, 5.74) is -0.536. The zero-order valence-electron chi connectivity index (χ0n) is 17.0. The fourth-order valence-corrected chi connectivity index (χ4v) is 3.63. The Morgan fingerprint density at radius 2 is 1.96 bits per heavy atom. The summed E-state index contributed by atoms with van der Waals surface area (Å²) in [6, 6.07) is 0. The number of rotatable bonds is 8. The van der Waals surface area contributed by atoms with Crippen LogP contribution in [0.15, 0.2) is 4.52 Å². The van der Waals surface area contributed by atoms with E-state index >= 15 is 0 Å². The van der Waals surface area contributed by atoms with Gasteiger partial charge in [-0.05, 0) is 33.1 Å². The molecule has 1 saturated carbocycles. The van der Waals surface area contributed by atoms with Crippen LogP contribution in [0.2, 0.25) is 0 Å². The summed E-state index contributed by atoms with van der Waals surface area (Å²) in [5, 5.41) is 6.21. The Hall–Kier alpha value is -1.92. The molecular weight excluding hydrogens is 346 g/mol. The van der Waals surface area contributed by atoms with Gasteiger partial charge in [0.15, 0.2) is 0 Å². The molecule has 0 radical (unpaired) electrons. The molecule has 7 nitrogen and oxygen atoms in total. The second-order valence-electron chi connectivity index (χ2n) is 8.46. The third-order valence-corrected chi connectivity index (χ3v) is 4.94. The first kappa shape index (κ1) is 21.4. The number of carbonyl (C=O) groups excluding carboxylic acids is 2. The number of carbonyl (C=O) groups is 2. The Balaban J connectivity index is 1.99. The first-order valence-corrected chi connectivity index (χ1v) is 10.1. The van der Waals surface area contributed by atoms with Crippen molar-refractivity contribution in [3.8, 4) is 0 Å². The molecule has 0 bridgehead atoms. The van der Waals surface area contributed by atoms with E-state index in [-0.39, 0.29) is 24.1 Å². The van der Waals surface area contributed by atoms with Crippen LogP contribution < -0.4 is 5.32 Å². The maximum absolute atomic E-state index is 12.3. The molecule has 1 fully saturated rings. The fraction of sp³-hybridized carbons (Fsp3) is 0.800. The number of nitrogens with one attached hydrogen (secondary N) is 1. The predicted molar refractivity (Wildman–Crippen MR) is 101 cm³/mol. The average Bonchev–Trinajstić information content (AvgIpc) is 3.09. The van der Waals surface area contributed by atoms with Gasteiger partial charge in [0, 0.05) is 13.0 Å². The van der Waals surface area contributed by atoms with Gasteiger partial charge in [-0.3, -0.25) is 9.59 Å². The molecule has 1 amide bonds. The van der Waals surface area contributed by atoms with Gasteiger partial charge in [0.05, 0.1) is 6.42 Å². The Kier molecular flexibility index (Phi) is 7.80. The van der Waals surface area contributed by atoms with E-state index in [0.717, 1.165) is 25.2 Å². The van der Waals surface area contributed by atoms with Gasteiger partial charge < -0.3 is 14.6 Å². The Morgan fingerprint density at radius 1 is 1.26 bits per heavy atom. The minimum atomic E-state index is -0.536. The molecule has 1 N–H and O–H groups in total. The van der Waals surface area contributed by atoms with Gasteiger partial charge >= 0.3 is 5.97 Å². The maximum atomic E-state index is 12.3. The highest BCUT2D eigenvalue weighted by atomic mass is 16.6. The van der Waals surface area contributed by atoms with Crippen LogP contribution >= 0.6 is 0 Å². The summed E-state index contributed by atoms with van der Waals surface area (Å²) >= 11 is 0. The van der Waals surface area contributed by atoms with E-state index in [0.29, 0.717) is 5.89 Å². The van der Waals surface area contributed by atoms with Gasteiger partial charge in [0.2, 0.25) is 5.89 Å². The highest BCUT2D eigenvalue weighted by Gasteiger charge is 2.27. The topological polar surface area (TPSA) is 94.3 Å². The van der Waals surface area contributed by atoms with Crippen LogP contribution in [-0.4, -0.2) is 34.7 Å². The normalized spacial score (nSPS) is 16.7. The molecule has 1 aliphatic carbocycles. The highest BCUT2D eigenvalue weighted by Crippen LogP contribution is 2.31. The number of hydrogen-bond acceptors (Lipinski definition) is 6. The van der Waals surface area contributed by atoms with Crippen molar-refractivity contribution in [2.24, 2.45) is 5.92 Å². The summed E-state index contributed by atoms with van der Waals surface area (Å²) in [4.78, 5) is 28.2. The molecule has 1 aromatic rings. The van der Waals surface area contributed by atoms with Crippen LogP contribution in [0.3, 0.4) is 0 Å². The van der Waals surface area contributed by atoms with Crippen LogP contribution in [0, 0.1) is 5.92 Å². The summed E-state index contributed by atoms with van der Waals surface area (Å²) < 4.78 is 10.7. The molecule has 1 atom stereocenters. The van der Waals surface area contributed by atoms with Gasteiger partial charge in [0.25, 0.3) is 11.7 Å². The minimum absolute atomic E-state index is 0.00558. The number of esters is 1. The predicted octanol–water partition coefficient (Wildman–Crippen LogP) is 4.00. The van der Waals surface area contributed by atoms with E-state index in [4.69, 9.17) is 9.26 Å². The summed E-state index contributed by atoms with van der Waals surface area (Å²) in [6.07, 6.45) is 9.70. The van der Waals surface area contributed by atoms with Gasteiger partial charge in [0.1, 0.15) is 5.60 Å². The molecule has 1 aromatic heterocycles. The standard InChI is InChI=1S/C20H33N3O4/c1-20(2,3)26-16(24)13-15(12-8-11-14-9-6-5-7-10-14)19-22-17(23-27-19)18(25)21-4/h14-15H,5-13H2,1-4H3,(H,21,25). The molecule has 152 valence electrons. The minimum Gasteiger partial charge on any atom is -0.460 e. The second kappa shape index (κ2) is 9.85. The van der Waals surface area contributed by atoms with E-state index in [9.17, 15) is 9.59 Å². The molecule has 1 aliphatic rings. The first-order chi connectivity index (χ1) is 12.8. The summed E-state index contributed by atoms with van der Waals surface area (Å²) in [7, 11) is 1.51. The average molecular weight is 380 g/mol. The fourth-order valence-electron chi connectivity index (χ4n) is 3.63. The van der Waals surface area contributed by atoms with Gasteiger partial charge in [-0.2, -0.15) is 4.98 Å². The third kappa shape index (κ3) is 7.31. The van der Waals surface area contributed by atoms with Crippen molar-refractivity contribution in [1.29, 1.82) is 0 Å². The molecule has 0 spiro atoms. The first-order valence-electron chi connectivity index (χ1n) is 10.1. The summed E-state index contributed by atoms with van der Waals surface area (Å²) in [5.74, 6) is 0.199. The van der Waals surface area contributed by atoms with Crippen molar-refractivity contribution >= 4 is 11.9 Å². The zero-order valence-corrected chi connectivity index (χ0v) is 17.0. The SMILES string of the molecule is CNC(=O)c1noc(C(CCCC2CCCCC2)CC(=O)OC(C)(C)C)n1. The lowest BCUT2D eigenvalue weighted by molar-refractivity contribution is -0.155. The monoisotopic (exact) mass is 379 g/mol. The van der Waals surface area contributed by atoms with Gasteiger partial charge in [-0.1, -0.05) is 50.1 Å². The largest absolute Gasteiger partial charge is 0.460 e. The number of aromatic nitrogens is 2. The van der Waals surface area contributed by atoms with E-state index in [2.05, 4.69) is 15.5 Å². The molecule has 1 heterocycles. The molecule has 27 heavy (non-hydrogen) atoms. The highest BCUT2D eigenvalue weighted by molar-refractivity contribution is 5.89. The van der Waals surface area contributed by atoms with Crippen LogP contribution in [0.1, 0.15) is 101 Å². The number of amides is 1. The molecule has 0 aromatic carbocycles. The van der Waals surface area contributed by atoms with E-state index in [1.807, 2.05) is 20.8 Å². The third-order valence-electron chi connectivity index (χ3n) is 4.94. The molecule has 7 heteroatoms. The van der Waals surface area contributed by atoms with Gasteiger partial charge in [-0.15, -0.1) is 0 Å². The van der Waals surface area contributed by atoms with Crippen LogP contribution in [-0.2, 0) is 9.53 Å². The number of hydrogen-bond donors (Lipinski definition) is 1. The quantitative estimate of drug-likeness (QED) is 0.686. The Morgan fingerprint density at radius 3 is 2.59 bits per heavy atom. The number of ether oxygens (including phenoxy) is 1. The van der Waals surface area contributed by atoms with Crippen molar-refractivity contribution in [3.63, 3.8) is 0 Å². The maximum Gasteiger partial charge on any atom is 0.307 e. The van der Waals surface area contributed by atoms with E-state index < -0.39 is 11.5 Å². The Bertz CT molecular complexity index is 615. The summed E-state index contributed by atoms with van der Waals surface area (Å²) in [6.45, 7) is 5.54. The van der Waals surface area contributed by atoms with Crippen molar-refractivity contribution in [1.82, 2.24) is 15.5 Å². The number of nitrogens with zero attached hydrogens (tertiary/aromatic N) is 2. The van der Waals surface area contributed by atoms with Crippen molar-refractivity contribution in [3.05, 3.63) is 11.7 Å². The second-order valence-corrected chi connectivity index (χ2v) is 8.46. The van der Waals surface area contributed by atoms with E-state index in [1.54, 1.807) is 0 Å². The lowest BCUT2D eigenvalue weighted by Crippen LogP contribution is -2.25. The van der Waals surface area contributed by atoms with Gasteiger partial charge in [-0.25, -0.2) is 0 Å². The molecule has 0 aliphatic heterocycles. The van der Waals surface area contributed by atoms with Crippen LogP contribution in [0.5, 0.6) is 0 Å².